The van der Waals surface area contributed by atoms with E-state index in [1.165, 1.54) is 11.1 Å². The van der Waals surface area contributed by atoms with Crippen molar-refractivity contribution in [2.75, 3.05) is 26.2 Å². The molecule has 0 bridgehead atoms. The fourth-order valence-corrected chi connectivity index (χ4v) is 2.55. The van der Waals surface area contributed by atoms with Crippen LogP contribution in [-0.4, -0.2) is 47.8 Å². The van der Waals surface area contributed by atoms with Crippen molar-refractivity contribution in [2.24, 2.45) is 0 Å². The molecule has 22 heavy (non-hydrogen) atoms. The zero-order chi connectivity index (χ0) is 15.9. The number of nitriles is 1. The van der Waals surface area contributed by atoms with E-state index in [1.54, 1.807) is 4.90 Å². The van der Waals surface area contributed by atoms with Gasteiger partial charge >= 0.3 is 0 Å². The van der Waals surface area contributed by atoms with Gasteiger partial charge < -0.3 is 9.80 Å². The predicted octanol–water partition coefficient (Wildman–Crippen LogP) is 1.51. The Hall–Kier alpha value is -2.35. The van der Waals surface area contributed by atoms with Gasteiger partial charge in [0.15, 0.2) is 0 Å². The molecule has 0 saturated carbocycles. The van der Waals surface area contributed by atoms with Crippen LogP contribution in [0.5, 0.6) is 0 Å². The summed E-state index contributed by atoms with van der Waals surface area (Å²) in [6.45, 7) is 4.21. The number of benzene rings is 1. The molecule has 0 aromatic heterocycles. The maximum Gasteiger partial charge on any atom is 0.236 e. The molecule has 0 N–H and O–H groups in total. The van der Waals surface area contributed by atoms with Crippen LogP contribution in [0, 0.1) is 18.3 Å². The number of piperazine rings is 1. The SMILES string of the molecule is Cc1ccc(CCC(=O)N2CCN(C(=O)CC#N)CC2)cc1. The largest absolute Gasteiger partial charge is 0.339 e. The molecule has 5 nitrogen and oxygen atoms in total. The fraction of sp³-hybridized carbons (Fsp3) is 0.471. The van der Waals surface area contributed by atoms with Crippen molar-refractivity contribution in [3.8, 4) is 6.07 Å². The number of hydrogen-bond donors (Lipinski definition) is 0. The summed E-state index contributed by atoms with van der Waals surface area (Å²) in [5.41, 5.74) is 2.38. The van der Waals surface area contributed by atoms with Gasteiger partial charge in [-0.2, -0.15) is 5.26 Å². The van der Waals surface area contributed by atoms with E-state index in [9.17, 15) is 9.59 Å². The molecular weight excluding hydrogens is 278 g/mol. The van der Waals surface area contributed by atoms with Crippen molar-refractivity contribution < 1.29 is 9.59 Å². The molecule has 0 spiro atoms. The highest BCUT2D eigenvalue weighted by Gasteiger charge is 2.23. The summed E-state index contributed by atoms with van der Waals surface area (Å²) >= 11 is 0. The third-order valence-corrected chi connectivity index (χ3v) is 3.96. The number of aryl methyl sites for hydroxylation is 2. The predicted molar refractivity (Wildman–Crippen MR) is 82.9 cm³/mol. The maximum atomic E-state index is 12.2. The number of hydrogen-bond acceptors (Lipinski definition) is 3. The Bertz CT molecular complexity index is 567. The van der Waals surface area contributed by atoms with Gasteiger partial charge in [0.05, 0.1) is 6.07 Å². The minimum absolute atomic E-state index is 0.0820. The Labute approximate surface area is 131 Å². The topological polar surface area (TPSA) is 64.4 Å². The van der Waals surface area contributed by atoms with Crippen LogP contribution < -0.4 is 0 Å². The second-order valence-corrected chi connectivity index (χ2v) is 5.58. The normalized spacial score (nSPS) is 14.5. The molecule has 0 unspecified atom stereocenters. The van der Waals surface area contributed by atoms with E-state index in [0.29, 0.717) is 32.6 Å². The third-order valence-electron chi connectivity index (χ3n) is 3.96. The molecule has 0 radical (unpaired) electrons. The lowest BCUT2D eigenvalue weighted by molar-refractivity contribution is -0.139. The Morgan fingerprint density at radius 2 is 1.59 bits per heavy atom. The molecule has 1 aromatic rings. The lowest BCUT2D eigenvalue weighted by Crippen LogP contribution is -2.50. The van der Waals surface area contributed by atoms with Gasteiger partial charge in [-0.25, -0.2) is 0 Å². The summed E-state index contributed by atoms with van der Waals surface area (Å²) in [5.74, 6) is -0.0118. The zero-order valence-corrected chi connectivity index (χ0v) is 12.9. The molecule has 0 atom stereocenters. The first kappa shape index (κ1) is 16.0. The molecule has 2 amide bonds. The van der Waals surface area contributed by atoms with E-state index in [0.717, 1.165) is 6.42 Å². The Morgan fingerprint density at radius 3 is 2.14 bits per heavy atom. The van der Waals surface area contributed by atoms with Gasteiger partial charge in [-0.15, -0.1) is 0 Å². The van der Waals surface area contributed by atoms with Gasteiger partial charge in [0, 0.05) is 32.6 Å². The van der Waals surface area contributed by atoms with E-state index in [-0.39, 0.29) is 18.2 Å². The Kier molecular flexibility index (Phi) is 5.54. The molecular formula is C17H21N3O2. The molecule has 1 aromatic carbocycles. The number of rotatable bonds is 4. The van der Waals surface area contributed by atoms with Crippen LogP contribution in [0.2, 0.25) is 0 Å². The quantitative estimate of drug-likeness (QED) is 0.846. The Balaban J connectivity index is 1.76. The van der Waals surface area contributed by atoms with Crippen LogP contribution in [0.25, 0.3) is 0 Å². The number of carbonyl (C=O) groups is 2. The molecule has 1 heterocycles. The average Bonchev–Trinajstić information content (AvgIpc) is 2.54. The van der Waals surface area contributed by atoms with Gasteiger partial charge in [-0.1, -0.05) is 29.8 Å². The van der Waals surface area contributed by atoms with Crippen LogP contribution in [0.4, 0.5) is 0 Å². The minimum atomic E-state index is -0.144. The van der Waals surface area contributed by atoms with Crippen LogP contribution in [0.1, 0.15) is 24.0 Å². The lowest BCUT2D eigenvalue weighted by Gasteiger charge is -2.34. The molecule has 116 valence electrons. The second kappa shape index (κ2) is 7.60. The van der Waals surface area contributed by atoms with Crippen molar-refractivity contribution in [2.45, 2.75) is 26.2 Å². The summed E-state index contributed by atoms with van der Waals surface area (Å²) in [6, 6.07) is 10.1. The molecule has 1 saturated heterocycles. The number of carbonyl (C=O) groups excluding carboxylic acids is 2. The molecule has 0 aliphatic carbocycles. The summed E-state index contributed by atoms with van der Waals surface area (Å²) in [5, 5.41) is 8.54. The first-order valence-corrected chi connectivity index (χ1v) is 7.58. The number of nitrogens with zero attached hydrogens (tertiary/aromatic N) is 3. The second-order valence-electron chi connectivity index (χ2n) is 5.58. The summed E-state index contributed by atoms with van der Waals surface area (Å²) < 4.78 is 0. The smallest absolute Gasteiger partial charge is 0.236 e. The van der Waals surface area contributed by atoms with Crippen LogP contribution in [0.3, 0.4) is 0 Å². The monoisotopic (exact) mass is 299 g/mol. The van der Waals surface area contributed by atoms with Crippen LogP contribution in [0.15, 0.2) is 24.3 Å². The Morgan fingerprint density at radius 1 is 1.05 bits per heavy atom. The lowest BCUT2D eigenvalue weighted by atomic mass is 10.1. The van der Waals surface area contributed by atoms with Crippen LogP contribution in [-0.2, 0) is 16.0 Å². The molecule has 1 aliphatic rings. The van der Waals surface area contributed by atoms with Gasteiger partial charge in [0.25, 0.3) is 0 Å². The highest BCUT2D eigenvalue weighted by molar-refractivity contribution is 5.79. The first-order chi connectivity index (χ1) is 10.6. The van der Waals surface area contributed by atoms with E-state index < -0.39 is 0 Å². The molecule has 5 heteroatoms. The summed E-state index contributed by atoms with van der Waals surface area (Å²) in [6.07, 6.45) is 1.16. The van der Waals surface area contributed by atoms with Crippen molar-refractivity contribution in [1.29, 1.82) is 5.26 Å². The maximum absolute atomic E-state index is 12.2. The molecule has 1 fully saturated rings. The van der Waals surface area contributed by atoms with E-state index in [4.69, 9.17) is 5.26 Å². The van der Waals surface area contributed by atoms with Crippen molar-refractivity contribution in [3.05, 3.63) is 35.4 Å². The van der Waals surface area contributed by atoms with E-state index in [2.05, 4.69) is 24.3 Å². The first-order valence-electron chi connectivity index (χ1n) is 7.58. The zero-order valence-electron chi connectivity index (χ0n) is 12.9. The van der Waals surface area contributed by atoms with Crippen molar-refractivity contribution in [1.82, 2.24) is 9.80 Å². The van der Waals surface area contributed by atoms with Gasteiger partial charge in [0.2, 0.25) is 11.8 Å². The molecule has 2 rings (SSSR count). The molecule has 1 aliphatic heterocycles. The van der Waals surface area contributed by atoms with E-state index >= 15 is 0 Å². The minimum Gasteiger partial charge on any atom is -0.339 e. The average molecular weight is 299 g/mol. The van der Waals surface area contributed by atoms with Crippen molar-refractivity contribution in [3.63, 3.8) is 0 Å². The standard InChI is InChI=1S/C17H21N3O2/c1-14-2-4-15(5-3-14)6-7-16(21)19-10-12-20(13-11-19)17(22)8-9-18/h2-5H,6-8,10-13H2,1H3. The summed E-state index contributed by atoms with van der Waals surface area (Å²) in [7, 11) is 0. The van der Waals surface area contributed by atoms with Gasteiger partial charge in [-0.05, 0) is 18.9 Å². The fourth-order valence-electron chi connectivity index (χ4n) is 2.55. The third kappa shape index (κ3) is 4.32. The summed E-state index contributed by atoms with van der Waals surface area (Å²) in [4.78, 5) is 27.3. The number of amides is 2. The van der Waals surface area contributed by atoms with Gasteiger partial charge in [-0.3, -0.25) is 9.59 Å². The van der Waals surface area contributed by atoms with Crippen LogP contribution >= 0.6 is 0 Å². The van der Waals surface area contributed by atoms with Crippen molar-refractivity contribution >= 4 is 11.8 Å². The van der Waals surface area contributed by atoms with E-state index in [1.807, 2.05) is 17.9 Å². The highest BCUT2D eigenvalue weighted by atomic mass is 16.2. The van der Waals surface area contributed by atoms with Gasteiger partial charge in [0.1, 0.15) is 6.42 Å². The highest BCUT2D eigenvalue weighted by Crippen LogP contribution is 2.09.